The molecule has 0 radical (unpaired) electrons. The minimum absolute atomic E-state index is 0.0270. The molecule has 10 heteroatoms. The molecule has 1 unspecified atom stereocenters. The van der Waals surface area contributed by atoms with Gasteiger partial charge in [0.2, 0.25) is 5.56 Å². The van der Waals surface area contributed by atoms with Crippen LogP contribution in [0.25, 0.3) is 10.9 Å². The second kappa shape index (κ2) is 17.2. The fraction of sp³-hybridized carbons (Fsp3) is 0.512. The highest BCUT2D eigenvalue weighted by Gasteiger charge is 2.48. The summed E-state index contributed by atoms with van der Waals surface area (Å²) in [5, 5.41) is 36.7. The number of piperidine rings is 3. The van der Waals surface area contributed by atoms with Gasteiger partial charge in [-0.05, 0) is 53.1 Å². The van der Waals surface area contributed by atoms with E-state index >= 15 is 0 Å². The average molecular weight is 727 g/mol. The highest BCUT2D eigenvalue weighted by atomic mass is 16.5. The van der Waals surface area contributed by atoms with E-state index in [0.717, 1.165) is 47.1 Å². The Balaban J connectivity index is 0.800. The first-order valence-electron chi connectivity index (χ1n) is 19.5. The number of aliphatic hydroxyl groups is 2. The summed E-state index contributed by atoms with van der Waals surface area (Å²) in [4.78, 5) is 14.3. The molecule has 2 bridgehead atoms. The quantitative estimate of drug-likeness (QED) is 0.0691. The first kappa shape index (κ1) is 37.7. The molecule has 3 aromatic carbocycles. The van der Waals surface area contributed by atoms with Crippen molar-refractivity contribution < 1.29 is 34.0 Å². The van der Waals surface area contributed by atoms with Gasteiger partial charge >= 0.3 is 0 Å². The first-order valence-corrected chi connectivity index (χ1v) is 19.5. The number of phenols is 1. The first-order chi connectivity index (χ1) is 25.8. The van der Waals surface area contributed by atoms with Crippen molar-refractivity contribution in [3.63, 3.8) is 0 Å². The molecule has 3 atom stereocenters. The van der Waals surface area contributed by atoms with Gasteiger partial charge in [-0.2, -0.15) is 0 Å². The molecule has 4 aliphatic rings. The monoisotopic (exact) mass is 726 g/mol. The highest BCUT2D eigenvalue weighted by molar-refractivity contribution is 5.87. The molecule has 5 N–H and O–H groups in total. The zero-order chi connectivity index (χ0) is 36.7. The topological polar surface area (TPSA) is 133 Å². The number of hydrogen-bond acceptors (Lipinski definition) is 8. The van der Waals surface area contributed by atoms with E-state index in [1.807, 2.05) is 18.2 Å². The third kappa shape index (κ3) is 9.03. The van der Waals surface area contributed by atoms with Crippen molar-refractivity contribution in [2.24, 2.45) is 11.8 Å². The van der Waals surface area contributed by atoms with Crippen LogP contribution < -0.4 is 10.9 Å². The predicted octanol–water partition coefficient (Wildman–Crippen LogP) is 5.29. The van der Waals surface area contributed by atoms with Gasteiger partial charge in [-0.1, -0.05) is 73.5 Å². The summed E-state index contributed by atoms with van der Waals surface area (Å²) in [6.45, 7) is 7.89. The molecule has 3 saturated heterocycles. The maximum atomic E-state index is 12.0. The fourth-order valence-corrected chi connectivity index (χ4v) is 8.94. The van der Waals surface area contributed by atoms with E-state index in [1.54, 1.807) is 12.1 Å². The minimum Gasteiger partial charge on any atom is -0.506 e. The molecule has 0 amide bonds. The summed E-state index contributed by atoms with van der Waals surface area (Å²) in [6, 6.07) is 24.7. The third-order valence-electron chi connectivity index (χ3n) is 12.2. The Morgan fingerprint density at radius 2 is 1.57 bits per heavy atom. The number of H-pyrrole nitrogens is 1. The van der Waals surface area contributed by atoms with Gasteiger partial charge in [0.15, 0.2) is 0 Å². The Morgan fingerprint density at radius 1 is 0.868 bits per heavy atom. The van der Waals surface area contributed by atoms with Crippen LogP contribution in [0.1, 0.15) is 66.9 Å². The Morgan fingerprint density at radius 3 is 2.28 bits per heavy atom. The zero-order valence-corrected chi connectivity index (χ0v) is 30.8. The molecular formula is C43H56N3O7+. The van der Waals surface area contributed by atoms with Crippen LogP contribution in [0.3, 0.4) is 0 Å². The molecule has 4 aromatic rings. The van der Waals surface area contributed by atoms with Crippen LogP contribution in [0, 0.1) is 11.8 Å². The van der Waals surface area contributed by atoms with Crippen LogP contribution in [0.5, 0.6) is 5.75 Å². The summed E-state index contributed by atoms with van der Waals surface area (Å²) in [5.41, 5.74) is 2.96. The van der Waals surface area contributed by atoms with Crippen molar-refractivity contribution in [2.45, 2.75) is 69.5 Å². The molecule has 4 fully saturated rings. The van der Waals surface area contributed by atoms with Crippen molar-refractivity contribution >= 4 is 10.9 Å². The lowest BCUT2D eigenvalue weighted by molar-refractivity contribution is -0.946. The Labute approximate surface area is 312 Å². The van der Waals surface area contributed by atoms with Gasteiger partial charge in [0.1, 0.15) is 30.5 Å². The number of quaternary nitrogens is 1. The third-order valence-corrected chi connectivity index (χ3v) is 12.2. The molecule has 1 aromatic heterocycles. The lowest BCUT2D eigenvalue weighted by Gasteiger charge is -2.52. The van der Waals surface area contributed by atoms with Crippen LogP contribution in [0.4, 0.5) is 0 Å². The molecule has 1 saturated carbocycles. The zero-order valence-electron chi connectivity index (χ0n) is 30.8. The molecule has 10 nitrogen and oxygen atoms in total. The highest BCUT2D eigenvalue weighted by Crippen LogP contribution is 2.42. The number of nitrogens with zero attached hydrogens (tertiary/aromatic N) is 1. The lowest BCUT2D eigenvalue weighted by atomic mass is 9.80. The van der Waals surface area contributed by atoms with Crippen molar-refractivity contribution in [3.8, 4) is 5.75 Å². The van der Waals surface area contributed by atoms with Gasteiger partial charge < -0.3 is 44.3 Å². The van der Waals surface area contributed by atoms with Gasteiger partial charge in [-0.15, -0.1) is 0 Å². The van der Waals surface area contributed by atoms with Crippen LogP contribution in [-0.4, -0.2) is 90.0 Å². The SMILES string of the molecule is O=c1ccc2c([C@@H](O)CNCCOCc3ccc(COCC[N+]45CCC(CC4)[C@@H](OCC(O)(c4ccccc4)C4CCCC4)C5)cc3)ccc(O)c2[nH]1. The smallest absolute Gasteiger partial charge is 0.248 e. The number of ether oxygens (including phenoxy) is 3. The molecule has 53 heavy (non-hydrogen) atoms. The number of aromatic hydroxyl groups is 1. The largest absolute Gasteiger partial charge is 0.506 e. The number of rotatable bonds is 18. The summed E-state index contributed by atoms with van der Waals surface area (Å²) in [6.07, 6.45) is 6.25. The second-order valence-electron chi connectivity index (χ2n) is 15.6. The number of aromatic nitrogens is 1. The van der Waals surface area contributed by atoms with Crippen molar-refractivity contribution in [1.82, 2.24) is 10.3 Å². The number of nitrogens with one attached hydrogen (secondary N) is 2. The van der Waals surface area contributed by atoms with E-state index < -0.39 is 11.7 Å². The van der Waals surface area contributed by atoms with E-state index in [0.29, 0.717) is 68.5 Å². The van der Waals surface area contributed by atoms with Gasteiger partial charge in [-0.25, -0.2) is 0 Å². The van der Waals surface area contributed by atoms with Gasteiger partial charge in [0.05, 0.1) is 57.7 Å². The summed E-state index contributed by atoms with van der Waals surface area (Å²) in [7, 11) is 0. The van der Waals surface area contributed by atoms with Crippen LogP contribution in [0.2, 0.25) is 0 Å². The normalized spacial score (nSPS) is 23.4. The number of pyridine rings is 1. The molecule has 3 aliphatic heterocycles. The molecular weight excluding hydrogens is 670 g/mol. The van der Waals surface area contributed by atoms with E-state index in [-0.39, 0.29) is 23.3 Å². The molecule has 0 spiro atoms. The number of fused-ring (bicyclic) bond motifs is 4. The van der Waals surface area contributed by atoms with Gasteiger partial charge in [0, 0.05) is 43.3 Å². The van der Waals surface area contributed by atoms with Crippen LogP contribution in [0.15, 0.2) is 83.7 Å². The van der Waals surface area contributed by atoms with Crippen LogP contribution in [-0.2, 0) is 33.0 Å². The van der Waals surface area contributed by atoms with Gasteiger partial charge in [-0.3, -0.25) is 4.79 Å². The second-order valence-corrected chi connectivity index (χ2v) is 15.6. The molecule has 284 valence electrons. The number of benzene rings is 3. The summed E-state index contributed by atoms with van der Waals surface area (Å²) in [5.74, 6) is 0.814. The van der Waals surface area contributed by atoms with E-state index in [9.17, 15) is 20.1 Å². The maximum absolute atomic E-state index is 12.0. The molecule has 8 rings (SSSR count). The standard InChI is InChI=1S/C43H55N3O7/c47-38-16-14-36(37-15-17-41(49)45-42(37)38)39(48)26-44-20-24-51-28-31-10-12-32(13-11-31)29-52-25-23-46-21-18-33(19-22-46)40(27-46)53-30-43(50,35-8-4-5-9-35)34-6-2-1-3-7-34/h1-3,6-7,10-17,33,35,39-40,44,48,50H,4-5,8-9,18-30H2,(H-,45,47,49)/p+1/t33?,39-,40-,43?,46?/m0/s1. The summed E-state index contributed by atoms with van der Waals surface area (Å²) < 4.78 is 19.8. The Hall–Kier alpha value is -3.61. The van der Waals surface area contributed by atoms with E-state index in [2.05, 4.69) is 46.7 Å². The number of phenolic OH excluding ortho intramolecular Hbond substituents is 1. The van der Waals surface area contributed by atoms with Crippen molar-refractivity contribution in [3.05, 3.63) is 111 Å². The Bertz CT molecular complexity index is 1820. The fourth-order valence-electron chi connectivity index (χ4n) is 8.94. The van der Waals surface area contributed by atoms with Crippen molar-refractivity contribution in [2.75, 3.05) is 59.1 Å². The number of hydrogen-bond donors (Lipinski definition) is 5. The van der Waals surface area contributed by atoms with Crippen molar-refractivity contribution in [1.29, 1.82) is 0 Å². The maximum Gasteiger partial charge on any atom is 0.248 e. The molecule has 4 heterocycles. The number of aromatic amines is 1. The average Bonchev–Trinajstić information content (AvgIpc) is 3.75. The summed E-state index contributed by atoms with van der Waals surface area (Å²) >= 11 is 0. The van der Waals surface area contributed by atoms with Gasteiger partial charge in [0.25, 0.3) is 0 Å². The predicted molar refractivity (Wildman–Crippen MR) is 204 cm³/mol. The van der Waals surface area contributed by atoms with E-state index in [4.69, 9.17) is 14.2 Å². The van der Waals surface area contributed by atoms with Crippen LogP contribution >= 0.6 is 0 Å². The van der Waals surface area contributed by atoms with E-state index in [1.165, 1.54) is 50.9 Å². The minimum atomic E-state index is -0.917. The Kier molecular flexibility index (Phi) is 12.3. The number of aliphatic hydroxyl groups excluding tert-OH is 1. The molecule has 1 aliphatic carbocycles. The lowest BCUT2D eigenvalue weighted by Crippen LogP contribution is -2.65.